The van der Waals surface area contributed by atoms with Gasteiger partial charge in [0.05, 0.1) is 5.60 Å². The van der Waals surface area contributed by atoms with Gasteiger partial charge in [0.2, 0.25) is 0 Å². The smallest absolute Gasteiger partial charge is 0.266 e. The van der Waals surface area contributed by atoms with Crippen LogP contribution in [0.1, 0.15) is 33.6 Å². The Hall–Kier alpha value is -1.26. The number of hydrogen-bond donors (Lipinski definition) is 1. The van der Waals surface area contributed by atoms with Gasteiger partial charge < -0.3 is 14.7 Å². The van der Waals surface area contributed by atoms with Crippen LogP contribution in [0.15, 0.2) is 24.3 Å². The number of ether oxygens (including phenoxy) is 1. The van der Waals surface area contributed by atoms with Crippen molar-refractivity contribution in [2.75, 3.05) is 13.1 Å². The second-order valence-corrected chi connectivity index (χ2v) is 6.83. The molecule has 0 aliphatic carbocycles. The van der Waals surface area contributed by atoms with Crippen molar-refractivity contribution in [3.8, 4) is 5.75 Å². The number of β-amino-alcohol motifs (C(OH)–C–C–N with tert-alkyl or cyclic N) is 1. The molecule has 2 rings (SSSR count). The Morgan fingerprint density at radius 3 is 2.57 bits per heavy atom. The van der Waals surface area contributed by atoms with Gasteiger partial charge >= 0.3 is 0 Å². The monoisotopic (exact) mass is 311 g/mol. The molecule has 4 nitrogen and oxygen atoms in total. The number of piperidine rings is 1. The Labute approximate surface area is 130 Å². The lowest BCUT2D eigenvalue weighted by atomic mass is 9.93. The Morgan fingerprint density at radius 1 is 1.38 bits per heavy atom. The van der Waals surface area contributed by atoms with Gasteiger partial charge in [-0.2, -0.15) is 0 Å². The lowest BCUT2D eigenvalue weighted by molar-refractivity contribution is -0.151. The van der Waals surface area contributed by atoms with E-state index in [1.807, 2.05) is 0 Å². The lowest BCUT2D eigenvalue weighted by Crippen LogP contribution is -2.55. The van der Waals surface area contributed by atoms with Gasteiger partial charge in [0.15, 0.2) is 5.60 Å². The van der Waals surface area contributed by atoms with E-state index < -0.39 is 11.2 Å². The van der Waals surface area contributed by atoms with Crippen LogP contribution in [0.4, 0.5) is 0 Å². The van der Waals surface area contributed by atoms with Crippen molar-refractivity contribution in [1.82, 2.24) is 4.90 Å². The summed E-state index contributed by atoms with van der Waals surface area (Å²) in [5.74, 6) is 0.485. The minimum absolute atomic E-state index is 0.113. The topological polar surface area (TPSA) is 49.8 Å². The minimum atomic E-state index is -0.985. The molecule has 1 saturated heterocycles. The fourth-order valence-corrected chi connectivity index (χ4v) is 2.74. The Bertz CT molecular complexity index is 511. The lowest BCUT2D eigenvalue weighted by Gasteiger charge is -2.40. The maximum atomic E-state index is 12.6. The van der Waals surface area contributed by atoms with Gasteiger partial charge in [-0.05, 0) is 57.9 Å². The second-order valence-electron chi connectivity index (χ2n) is 6.39. The Kier molecular flexibility index (Phi) is 4.49. The fraction of sp³-hybridized carbons (Fsp3) is 0.562. The van der Waals surface area contributed by atoms with Gasteiger partial charge in [0.1, 0.15) is 5.75 Å². The third-order valence-corrected chi connectivity index (χ3v) is 3.92. The van der Waals surface area contributed by atoms with Crippen LogP contribution in [0.2, 0.25) is 5.02 Å². The second kappa shape index (κ2) is 5.85. The summed E-state index contributed by atoms with van der Waals surface area (Å²) in [5, 5.41) is 10.8. The van der Waals surface area contributed by atoms with E-state index in [0.29, 0.717) is 23.9 Å². The molecule has 0 spiro atoms. The van der Waals surface area contributed by atoms with Gasteiger partial charge in [-0.15, -0.1) is 0 Å². The van der Waals surface area contributed by atoms with Crippen molar-refractivity contribution in [2.24, 2.45) is 0 Å². The number of hydrogen-bond acceptors (Lipinski definition) is 3. The van der Waals surface area contributed by atoms with Crippen molar-refractivity contribution in [2.45, 2.75) is 44.8 Å². The summed E-state index contributed by atoms with van der Waals surface area (Å²) in [6, 6.07) is 6.93. The number of benzene rings is 1. The van der Waals surface area contributed by atoms with Crippen molar-refractivity contribution >= 4 is 17.5 Å². The first-order chi connectivity index (χ1) is 9.70. The molecule has 0 radical (unpaired) electrons. The molecular weight excluding hydrogens is 290 g/mol. The molecule has 0 bridgehead atoms. The average Bonchev–Trinajstić information content (AvgIpc) is 2.39. The molecule has 0 saturated carbocycles. The largest absolute Gasteiger partial charge is 0.478 e. The normalized spacial score (nSPS) is 23.0. The van der Waals surface area contributed by atoms with Crippen LogP contribution in [0.25, 0.3) is 0 Å². The molecule has 5 heteroatoms. The maximum absolute atomic E-state index is 12.6. The predicted octanol–water partition coefficient (Wildman–Crippen LogP) is 2.87. The van der Waals surface area contributed by atoms with Gasteiger partial charge in [-0.3, -0.25) is 4.79 Å². The molecule has 1 amide bonds. The van der Waals surface area contributed by atoms with Gasteiger partial charge in [-0.25, -0.2) is 0 Å². The number of carbonyl (C=O) groups is 1. The SMILES string of the molecule is CC1(O)CCCN(C(=O)C(C)(C)Oc2ccc(Cl)cc2)C1. The molecule has 1 aromatic rings. The quantitative estimate of drug-likeness (QED) is 0.934. The standard InChI is InChI=1S/C16H22ClNO3/c1-15(2,21-13-7-5-12(17)6-8-13)14(19)18-10-4-9-16(3,20)11-18/h5-8,20H,4,9-11H2,1-3H3. The van der Waals surface area contributed by atoms with Gasteiger partial charge in [0.25, 0.3) is 5.91 Å². The molecule has 0 aromatic heterocycles. The highest BCUT2D eigenvalue weighted by atomic mass is 35.5. The summed E-state index contributed by atoms with van der Waals surface area (Å²) in [7, 11) is 0. The molecule has 1 N–H and O–H groups in total. The first kappa shape index (κ1) is 16.1. The van der Waals surface area contributed by atoms with Crippen LogP contribution in [0.5, 0.6) is 5.75 Å². The summed E-state index contributed by atoms with van der Waals surface area (Å²) in [4.78, 5) is 14.3. The van der Waals surface area contributed by atoms with E-state index in [1.165, 1.54) is 0 Å². The molecule has 1 heterocycles. The van der Waals surface area contributed by atoms with Crippen molar-refractivity contribution in [1.29, 1.82) is 0 Å². The van der Waals surface area contributed by atoms with Crippen LogP contribution < -0.4 is 4.74 Å². The van der Waals surface area contributed by atoms with Crippen LogP contribution in [0.3, 0.4) is 0 Å². The van der Waals surface area contributed by atoms with E-state index in [9.17, 15) is 9.90 Å². The van der Waals surface area contributed by atoms with Crippen LogP contribution >= 0.6 is 11.6 Å². The summed E-state index contributed by atoms with van der Waals surface area (Å²) >= 11 is 5.84. The highest BCUT2D eigenvalue weighted by Crippen LogP contribution is 2.26. The van der Waals surface area contributed by atoms with E-state index in [-0.39, 0.29) is 5.91 Å². The molecule has 1 aromatic carbocycles. The molecule has 1 aliphatic heterocycles. The van der Waals surface area contributed by atoms with Crippen LogP contribution in [0, 0.1) is 0 Å². The third kappa shape index (κ3) is 4.11. The Morgan fingerprint density at radius 2 is 2.00 bits per heavy atom. The van der Waals surface area contributed by atoms with E-state index in [2.05, 4.69) is 0 Å². The number of carbonyl (C=O) groups excluding carboxylic acids is 1. The number of aliphatic hydroxyl groups is 1. The van der Waals surface area contributed by atoms with Crippen LogP contribution in [-0.2, 0) is 4.79 Å². The Balaban J connectivity index is 2.07. The zero-order valence-corrected chi connectivity index (χ0v) is 13.5. The summed E-state index contributed by atoms with van der Waals surface area (Å²) in [6.07, 6.45) is 1.52. The number of likely N-dealkylation sites (tertiary alicyclic amines) is 1. The van der Waals surface area contributed by atoms with E-state index in [1.54, 1.807) is 49.9 Å². The van der Waals surface area contributed by atoms with Gasteiger partial charge in [-0.1, -0.05) is 11.6 Å². The average molecular weight is 312 g/mol. The molecule has 1 fully saturated rings. The van der Waals surface area contributed by atoms with Crippen molar-refractivity contribution in [3.63, 3.8) is 0 Å². The molecule has 21 heavy (non-hydrogen) atoms. The van der Waals surface area contributed by atoms with Crippen LogP contribution in [-0.4, -0.2) is 40.2 Å². The molecule has 1 unspecified atom stereocenters. The van der Waals surface area contributed by atoms with Crippen molar-refractivity contribution in [3.05, 3.63) is 29.3 Å². The zero-order valence-electron chi connectivity index (χ0n) is 12.7. The summed E-state index contributed by atoms with van der Waals surface area (Å²) in [6.45, 7) is 6.25. The predicted molar refractivity (Wildman–Crippen MR) is 82.6 cm³/mol. The molecule has 1 atom stereocenters. The summed E-state index contributed by atoms with van der Waals surface area (Å²) < 4.78 is 5.81. The number of amides is 1. The maximum Gasteiger partial charge on any atom is 0.266 e. The third-order valence-electron chi connectivity index (χ3n) is 3.66. The first-order valence-electron chi connectivity index (χ1n) is 7.16. The summed E-state index contributed by atoms with van der Waals surface area (Å²) in [5.41, 5.74) is -1.80. The van der Waals surface area contributed by atoms with E-state index >= 15 is 0 Å². The minimum Gasteiger partial charge on any atom is -0.478 e. The number of rotatable bonds is 3. The number of halogens is 1. The molecule has 1 aliphatic rings. The van der Waals surface area contributed by atoms with Crippen molar-refractivity contribution < 1.29 is 14.6 Å². The first-order valence-corrected chi connectivity index (χ1v) is 7.54. The van der Waals surface area contributed by atoms with E-state index in [4.69, 9.17) is 16.3 Å². The molecule has 116 valence electrons. The fourth-order valence-electron chi connectivity index (χ4n) is 2.62. The molecular formula is C16H22ClNO3. The number of nitrogens with zero attached hydrogens (tertiary/aromatic N) is 1. The van der Waals surface area contributed by atoms with Gasteiger partial charge in [0, 0.05) is 18.1 Å². The van der Waals surface area contributed by atoms with E-state index in [0.717, 1.165) is 12.8 Å². The highest BCUT2D eigenvalue weighted by Gasteiger charge is 2.39. The highest BCUT2D eigenvalue weighted by molar-refractivity contribution is 6.30. The zero-order chi connectivity index (χ0) is 15.7.